The van der Waals surface area contributed by atoms with Gasteiger partial charge in [0.1, 0.15) is 78.8 Å². The lowest BCUT2D eigenvalue weighted by atomic mass is 9.96. The fraction of sp³-hybridized carbons (Fsp3) is 0.900. The van der Waals surface area contributed by atoms with E-state index in [0.717, 1.165) is 0 Å². The zero-order chi connectivity index (χ0) is 56.3. The fourth-order valence-corrected chi connectivity index (χ4v) is 11.5. The molecule has 8 rings (SSSR count). The molecule has 4 unspecified atom stereocenters. The van der Waals surface area contributed by atoms with Crippen molar-refractivity contribution in [3.05, 3.63) is 0 Å². The summed E-state index contributed by atoms with van der Waals surface area (Å²) in [4.78, 5) is 70.4. The number of nitrogens with one attached hydrogen (secondary N) is 4. The van der Waals surface area contributed by atoms with Gasteiger partial charge in [-0.25, -0.2) is 4.79 Å². The van der Waals surface area contributed by atoms with Crippen LogP contribution in [0.3, 0.4) is 0 Å². The number of alkyl carbamates (subject to hydrolysis) is 1. The third-order valence-corrected chi connectivity index (χ3v) is 14.4. The van der Waals surface area contributed by atoms with Crippen LogP contribution in [-0.2, 0) is 104 Å². The highest BCUT2D eigenvalue weighted by Gasteiger charge is 2.62. The molecule has 8 aliphatic heterocycles. The minimum atomic E-state index is -1.20. The third-order valence-electron chi connectivity index (χ3n) is 14.4. The lowest BCUT2D eigenvalue weighted by Crippen LogP contribution is -2.57. The van der Waals surface area contributed by atoms with Crippen LogP contribution in [0.15, 0.2) is 0 Å². The van der Waals surface area contributed by atoms with E-state index >= 15 is 0 Å². The lowest BCUT2D eigenvalue weighted by molar-refractivity contribution is -0.221. The summed E-state index contributed by atoms with van der Waals surface area (Å²) < 4.78 is 108. The molecule has 0 bridgehead atoms. The molecule has 4 N–H and O–H groups in total. The van der Waals surface area contributed by atoms with Crippen molar-refractivity contribution >= 4 is 29.8 Å². The minimum absolute atomic E-state index is 0.335. The number of hydrogen-bond acceptors (Lipinski definition) is 23. The monoisotopic (exact) mass is 1100 g/mol. The largest absolute Gasteiger partial charge is 0.469 e. The number of esters is 1. The van der Waals surface area contributed by atoms with Crippen molar-refractivity contribution in [1.29, 1.82) is 0 Å². The molecule has 27 heteroatoms. The Bertz CT molecular complexity index is 2140. The topological polar surface area (TPSA) is 300 Å². The van der Waals surface area contributed by atoms with Crippen molar-refractivity contribution in [2.24, 2.45) is 0 Å². The van der Waals surface area contributed by atoms with Gasteiger partial charge in [0.15, 0.2) is 48.3 Å². The first-order valence-electron chi connectivity index (χ1n) is 26.1. The Hall–Kier alpha value is -3.49. The highest BCUT2D eigenvalue weighted by molar-refractivity contribution is 5.83. The molecule has 0 aromatic heterocycles. The molecule has 0 radical (unpaired) electrons. The van der Waals surface area contributed by atoms with Crippen LogP contribution in [0.4, 0.5) is 4.79 Å². The second-order valence-corrected chi connectivity index (χ2v) is 23.2. The molecule has 8 fully saturated rings. The van der Waals surface area contributed by atoms with Gasteiger partial charge in [-0.15, -0.1) is 0 Å². The average molecular weight is 1110 g/mol. The van der Waals surface area contributed by atoms with Gasteiger partial charge in [-0.2, -0.15) is 0 Å². The van der Waals surface area contributed by atoms with Gasteiger partial charge in [-0.1, -0.05) is 0 Å². The van der Waals surface area contributed by atoms with Crippen molar-refractivity contribution in [3.8, 4) is 0 Å². The van der Waals surface area contributed by atoms with E-state index in [-0.39, 0.29) is 6.42 Å². The standard InChI is InChI=1S/C50H80N4O23/c1-46(2,3)77-45(59)54-23(31-35(63-15)39-43(67-31)75-49(8,9)71-39)19-27(57)52-21(29-33(61-13)37-41(65-29)73-47(4,5)69-37)17-25(55)51-22(30-34(62-14)38-42(66-30)74-48(6,7)70-38)18-26(56)53-24(20-28(58)60-12)32-36(64-16)40-44(68-32)76-50(10,11)72-40/h21-24,29-44H,17-20H2,1-16H3,(H,51,55)(H,52,57)(H,53,56)(H,54,59)/t21?,22?,23?,24?,29-,30-,31-,32-,33+,34+,35+,36+,37-,38-,39-,40-,41-,42-,43-,44-/m1/s1. The molecule has 8 heterocycles. The molecule has 8 aliphatic rings. The number of carbonyl (C=O) groups is 5. The highest BCUT2D eigenvalue weighted by Crippen LogP contribution is 2.44. The van der Waals surface area contributed by atoms with Gasteiger partial charge < -0.3 is 107 Å². The normalized spacial score (nSPS) is 38.4. The summed E-state index contributed by atoms with van der Waals surface area (Å²) in [7, 11) is 7.00. The summed E-state index contributed by atoms with van der Waals surface area (Å²) in [5.41, 5.74) is -0.907. The summed E-state index contributed by atoms with van der Waals surface area (Å²) >= 11 is 0. The number of carbonyl (C=O) groups excluding carboxylic acids is 5. The number of ether oxygens (including phenoxy) is 18. The van der Waals surface area contributed by atoms with E-state index in [1.165, 1.54) is 35.5 Å². The molecule has 8 saturated heterocycles. The van der Waals surface area contributed by atoms with Crippen LogP contribution >= 0.6 is 0 Å². The van der Waals surface area contributed by atoms with E-state index in [0.29, 0.717) is 0 Å². The Morgan fingerprint density at radius 2 is 0.675 bits per heavy atom. The predicted molar refractivity (Wildman–Crippen MR) is 257 cm³/mol. The van der Waals surface area contributed by atoms with Gasteiger partial charge in [0.25, 0.3) is 0 Å². The summed E-state index contributed by atoms with van der Waals surface area (Å²) in [5, 5.41) is 11.6. The molecule has 27 nitrogen and oxygen atoms in total. The van der Waals surface area contributed by atoms with Gasteiger partial charge >= 0.3 is 12.1 Å². The Labute approximate surface area is 448 Å². The predicted octanol–water partition coefficient (Wildman–Crippen LogP) is 0.633. The number of methoxy groups -OCH3 is 5. The van der Waals surface area contributed by atoms with E-state index in [1.807, 2.05) is 0 Å². The van der Waals surface area contributed by atoms with Crippen molar-refractivity contribution in [2.75, 3.05) is 35.5 Å². The van der Waals surface area contributed by atoms with Crippen molar-refractivity contribution < 1.29 is 109 Å². The van der Waals surface area contributed by atoms with Gasteiger partial charge in [0.2, 0.25) is 17.7 Å². The maximum absolute atomic E-state index is 14.9. The Balaban J connectivity index is 1.05. The molecule has 0 aromatic rings. The number of amides is 4. The van der Waals surface area contributed by atoms with Gasteiger partial charge in [0, 0.05) is 47.7 Å². The molecular formula is C50H80N4O23. The minimum Gasteiger partial charge on any atom is -0.469 e. The van der Waals surface area contributed by atoms with Gasteiger partial charge in [-0.3, -0.25) is 19.2 Å². The van der Waals surface area contributed by atoms with Gasteiger partial charge in [0.05, 0.1) is 37.7 Å². The Kier molecular flexibility index (Phi) is 17.7. The second kappa shape index (κ2) is 22.8. The summed E-state index contributed by atoms with van der Waals surface area (Å²) in [6.07, 6.45) is -16.6. The molecule has 0 spiro atoms. The number of rotatable bonds is 20. The van der Waals surface area contributed by atoms with Crippen molar-refractivity contribution in [1.82, 2.24) is 21.3 Å². The Morgan fingerprint density at radius 3 is 0.922 bits per heavy atom. The van der Waals surface area contributed by atoms with Crippen LogP contribution in [0.5, 0.6) is 0 Å². The van der Waals surface area contributed by atoms with Crippen LogP contribution < -0.4 is 21.3 Å². The smallest absolute Gasteiger partial charge is 0.407 e. The summed E-state index contributed by atoms with van der Waals surface area (Å²) in [6, 6.07) is -4.53. The van der Waals surface area contributed by atoms with E-state index in [9.17, 15) is 24.0 Å². The van der Waals surface area contributed by atoms with Crippen LogP contribution in [0.25, 0.3) is 0 Å². The maximum atomic E-state index is 14.9. The van der Waals surface area contributed by atoms with E-state index in [4.69, 9.17) is 85.3 Å². The molecule has 4 amide bonds. The van der Waals surface area contributed by atoms with Gasteiger partial charge in [-0.05, 0) is 76.2 Å². The molecule has 0 aliphatic carbocycles. The second-order valence-electron chi connectivity index (χ2n) is 23.2. The first-order valence-corrected chi connectivity index (χ1v) is 26.1. The quantitative estimate of drug-likeness (QED) is 0.122. The fourth-order valence-electron chi connectivity index (χ4n) is 11.5. The van der Waals surface area contributed by atoms with E-state index in [1.54, 1.807) is 76.2 Å². The van der Waals surface area contributed by atoms with E-state index in [2.05, 4.69) is 21.3 Å². The zero-order valence-corrected chi connectivity index (χ0v) is 46.8. The van der Waals surface area contributed by atoms with Crippen LogP contribution in [0.1, 0.15) is 102 Å². The average Bonchev–Trinajstić information content (AvgIpc) is 4.23. The zero-order valence-electron chi connectivity index (χ0n) is 46.8. The number of fused-ring (bicyclic) bond motifs is 4. The SMILES string of the molecule is COC(=O)CC(NC(=O)CC(NC(=O)CC(NC(=O)CC(NC(=O)OC(C)(C)C)[C@H]1O[C@@H]2OC(C)(C)O[C@@H]2[C@H]1OC)[C@H]1O[C@@H]2OC(C)(C)O[C@@H]2[C@H]1OC)[C@H]1O[C@@H]2OC(C)(C)O[C@@H]2[C@H]1OC)[C@H]1O[C@@H]2OC(C)(C)O[C@@H]2[C@H]1OC. The molecule has 77 heavy (non-hydrogen) atoms. The van der Waals surface area contributed by atoms with Crippen LogP contribution in [0, 0.1) is 0 Å². The highest BCUT2D eigenvalue weighted by atomic mass is 16.9. The molecule has 438 valence electrons. The molecule has 0 aromatic carbocycles. The summed E-state index contributed by atoms with van der Waals surface area (Å²) in [5.74, 6) is -6.75. The lowest BCUT2D eigenvalue weighted by Gasteiger charge is -2.34. The number of hydrogen-bond donors (Lipinski definition) is 4. The molecule has 20 atom stereocenters. The first kappa shape index (κ1) is 59.6. The Morgan fingerprint density at radius 1 is 0.416 bits per heavy atom. The first-order chi connectivity index (χ1) is 36.0. The molecule has 0 saturated carbocycles. The maximum Gasteiger partial charge on any atom is 0.407 e. The summed E-state index contributed by atoms with van der Waals surface area (Å²) in [6.45, 7) is 18.9. The van der Waals surface area contributed by atoms with Crippen molar-refractivity contribution in [3.63, 3.8) is 0 Å². The van der Waals surface area contributed by atoms with Crippen molar-refractivity contribution in [2.45, 2.75) is 253 Å². The van der Waals surface area contributed by atoms with E-state index < -0.39 is 200 Å². The van der Waals surface area contributed by atoms with Crippen LogP contribution in [-0.4, -0.2) is 217 Å². The molecular weight excluding hydrogens is 1020 g/mol. The third kappa shape index (κ3) is 13.5. The van der Waals surface area contributed by atoms with Crippen LogP contribution in [0.2, 0.25) is 0 Å².